The van der Waals surface area contributed by atoms with Crippen molar-refractivity contribution in [3.8, 4) is 11.5 Å². The molecule has 0 fully saturated rings. The van der Waals surface area contributed by atoms with Gasteiger partial charge in [-0.1, -0.05) is 23.4 Å². The van der Waals surface area contributed by atoms with Gasteiger partial charge in [0, 0.05) is 10.9 Å². The standard InChI is InChI=1S/C23H24N2O5/c1-5-29-23(26)22-15(2)18-8-6-7-9-19(18)25-20(22)14-30-24-13-16-12-17(27-3)10-11-21(16)28-4/h6-13H,5,14H2,1-4H3/b24-13-. The Labute approximate surface area is 175 Å². The number of benzene rings is 2. The third-order valence-corrected chi connectivity index (χ3v) is 4.61. The first-order valence-electron chi connectivity index (χ1n) is 9.51. The van der Waals surface area contributed by atoms with Gasteiger partial charge < -0.3 is 19.0 Å². The monoisotopic (exact) mass is 408 g/mol. The molecule has 1 heterocycles. The van der Waals surface area contributed by atoms with Crippen LogP contribution in [-0.4, -0.2) is 38.0 Å². The molecular formula is C23H24N2O5. The van der Waals surface area contributed by atoms with E-state index in [0.29, 0.717) is 28.3 Å². The fourth-order valence-corrected chi connectivity index (χ4v) is 3.15. The highest BCUT2D eigenvalue weighted by Crippen LogP contribution is 2.25. The van der Waals surface area contributed by atoms with Crippen LogP contribution >= 0.6 is 0 Å². The zero-order chi connectivity index (χ0) is 21.5. The maximum absolute atomic E-state index is 12.6. The summed E-state index contributed by atoms with van der Waals surface area (Å²) in [7, 11) is 3.16. The Morgan fingerprint density at radius 2 is 1.93 bits per heavy atom. The molecule has 7 nitrogen and oxygen atoms in total. The Morgan fingerprint density at radius 3 is 2.67 bits per heavy atom. The number of aryl methyl sites for hydroxylation is 1. The largest absolute Gasteiger partial charge is 0.497 e. The number of carbonyl (C=O) groups excluding carboxylic acids is 1. The Bertz CT molecular complexity index is 1080. The van der Waals surface area contributed by atoms with Crippen molar-refractivity contribution in [1.29, 1.82) is 0 Å². The van der Waals surface area contributed by atoms with Gasteiger partial charge in [0.25, 0.3) is 0 Å². The van der Waals surface area contributed by atoms with E-state index < -0.39 is 5.97 Å². The van der Waals surface area contributed by atoms with Gasteiger partial charge in [-0.3, -0.25) is 0 Å². The molecule has 0 radical (unpaired) electrons. The first kappa shape index (κ1) is 21.1. The molecule has 30 heavy (non-hydrogen) atoms. The van der Waals surface area contributed by atoms with E-state index in [-0.39, 0.29) is 13.2 Å². The van der Waals surface area contributed by atoms with Crippen LogP contribution in [0.4, 0.5) is 0 Å². The smallest absolute Gasteiger partial charge is 0.340 e. The van der Waals surface area contributed by atoms with Crippen LogP contribution in [0, 0.1) is 6.92 Å². The lowest BCUT2D eigenvalue weighted by Gasteiger charge is -2.13. The summed E-state index contributed by atoms with van der Waals surface area (Å²) in [6, 6.07) is 13.0. The molecule has 0 aliphatic heterocycles. The number of methoxy groups -OCH3 is 2. The number of hydrogen-bond acceptors (Lipinski definition) is 7. The zero-order valence-electron chi connectivity index (χ0n) is 17.5. The number of aromatic nitrogens is 1. The van der Waals surface area contributed by atoms with Crippen molar-refractivity contribution in [2.45, 2.75) is 20.5 Å². The molecule has 0 amide bonds. The number of hydrogen-bond donors (Lipinski definition) is 0. The third kappa shape index (κ3) is 4.51. The normalized spacial score (nSPS) is 10.9. The maximum Gasteiger partial charge on any atom is 0.340 e. The summed E-state index contributed by atoms with van der Waals surface area (Å²) in [5.74, 6) is 0.883. The van der Waals surface area contributed by atoms with Crippen molar-refractivity contribution >= 4 is 23.1 Å². The highest BCUT2D eigenvalue weighted by molar-refractivity contribution is 5.98. The molecule has 0 saturated heterocycles. The SMILES string of the molecule is CCOC(=O)c1c(CO/N=C\c2cc(OC)ccc2OC)nc2ccccc2c1C. The molecule has 0 spiro atoms. The Kier molecular flexibility index (Phi) is 6.85. The number of esters is 1. The molecule has 156 valence electrons. The van der Waals surface area contributed by atoms with Crippen LogP contribution in [-0.2, 0) is 16.2 Å². The summed E-state index contributed by atoms with van der Waals surface area (Å²) >= 11 is 0. The molecule has 0 aliphatic carbocycles. The molecule has 0 unspecified atom stereocenters. The Hall–Kier alpha value is -3.61. The van der Waals surface area contributed by atoms with E-state index in [1.807, 2.05) is 31.2 Å². The van der Waals surface area contributed by atoms with E-state index in [2.05, 4.69) is 10.1 Å². The van der Waals surface area contributed by atoms with Crippen LogP contribution in [0.2, 0.25) is 0 Å². The van der Waals surface area contributed by atoms with Gasteiger partial charge in [-0.15, -0.1) is 0 Å². The van der Waals surface area contributed by atoms with Gasteiger partial charge in [-0.25, -0.2) is 9.78 Å². The van der Waals surface area contributed by atoms with Gasteiger partial charge in [-0.05, 0) is 43.7 Å². The van der Waals surface area contributed by atoms with E-state index in [0.717, 1.165) is 16.5 Å². The second kappa shape index (κ2) is 9.73. The van der Waals surface area contributed by atoms with Gasteiger partial charge in [0.2, 0.25) is 0 Å². The van der Waals surface area contributed by atoms with Gasteiger partial charge in [-0.2, -0.15) is 0 Å². The number of rotatable bonds is 8. The lowest BCUT2D eigenvalue weighted by Crippen LogP contribution is -2.13. The molecule has 7 heteroatoms. The summed E-state index contributed by atoms with van der Waals surface area (Å²) < 4.78 is 15.8. The number of nitrogens with zero attached hydrogens (tertiary/aromatic N) is 2. The molecule has 3 rings (SSSR count). The number of oxime groups is 1. The Balaban J connectivity index is 1.88. The summed E-state index contributed by atoms with van der Waals surface area (Å²) in [6.07, 6.45) is 1.53. The van der Waals surface area contributed by atoms with Crippen molar-refractivity contribution in [2.24, 2.45) is 5.16 Å². The highest BCUT2D eigenvalue weighted by Gasteiger charge is 2.20. The second-order valence-electron chi connectivity index (χ2n) is 6.41. The minimum Gasteiger partial charge on any atom is -0.497 e. The lowest BCUT2D eigenvalue weighted by molar-refractivity contribution is 0.0517. The molecular weight excluding hydrogens is 384 g/mol. The van der Waals surface area contributed by atoms with Gasteiger partial charge in [0.15, 0.2) is 6.61 Å². The van der Waals surface area contributed by atoms with Gasteiger partial charge in [0.05, 0.1) is 43.8 Å². The summed E-state index contributed by atoms with van der Waals surface area (Å²) in [5, 5.41) is 4.92. The van der Waals surface area contributed by atoms with E-state index in [1.165, 1.54) is 6.21 Å². The molecule has 3 aromatic rings. The first-order chi connectivity index (χ1) is 14.6. The van der Waals surface area contributed by atoms with Crippen LogP contribution in [0.3, 0.4) is 0 Å². The summed E-state index contributed by atoms with van der Waals surface area (Å²) in [5.41, 5.74) is 3.16. The molecule has 2 aromatic carbocycles. The molecule has 0 bridgehead atoms. The van der Waals surface area contributed by atoms with Crippen LogP contribution in [0.15, 0.2) is 47.6 Å². The second-order valence-corrected chi connectivity index (χ2v) is 6.41. The molecule has 0 saturated carbocycles. The maximum atomic E-state index is 12.6. The highest BCUT2D eigenvalue weighted by atomic mass is 16.6. The molecule has 0 aliphatic rings. The molecule has 0 atom stereocenters. The fourth-order valence-electron chi connectivity index (χ4n) is 3.15. The number of pyridine rings is 1. The minimum absolute atomic E-state index is 0.0165. The van der Waals surface area contributed by atoms with Crippen LogP contribution in [0.5, 0.6) is 11.5 Å². The quantitative estimate of drug-likeness (QED) is 0.314. The molecule has 1 aromatic heterocycles. The predicted molar refractivity (Wildman–Crippen MR) is 114 cm³/mol. The predicted octanol–water partition coefficient (Wildman–Crippen LogP) is 4.29. The molecule has 0 N–H and O–H groups in total. The average molecular weight is 408 g/mol. The van der Waals surface area contributed by atoms with E-state index in [1.54, 1.807) is 39.3 Å². The lowest BCUT2D eigenvalue weighted by atomic mass is 10.0. The van der Waals surface area contributed by atoms with E-state index in [4.69, 9.17) is 19.0 Å². The van der Waals surface area contributed by atoms with Crippen molar-refractivity contribution in [3.63, 3.8) is 0 Å². The number of carbonyl (C=O) groups is 1. The minimum atomic E-state index is -0.426. The topological polar surface area (TPSA) is 79.2 Å². The van der Waals surface area contributed by atoms with Crippen LogP contribution in [0.25, 0.3) is 10.9 Å². The fraction of sp³-hybridized carbons (Fsp3) is 0.261. The van der Waals surface area contributed by atoms with Crippen molar-refractivity contribution < 1.29 is 23.8 Å². The summed E-state index contributed by atoms with van der Waals surface area (Å²) in [6.45, 7) is 3.94. The van der Waals surface area contributed by atoms with Crippen LogP contribution < -0.4 is 9.47 Å². The van der Waals surface area contributed by atoms with E-state index >= 15 is 0 Å². The van der Waals surface area contributed by atoms with Crippen LogP contribution in [0.1, 0.15) is 34.1 Å². The Morgan fingerprint density at radius 1 is 1.13 bits per heavy atom. The van der Waals surface area contributed by atoms with Crippen molar-refractivity contribution in [3.05, 3.63) is 64.8 Å². The van der Waals surface area contributed by atoms with Crippen molar-refractivity contribution in [1.82, 2.24) is 4.98 Å². The first-order valence-corrected chi connectivity index (χ1v) is 9.51. The van der Waals surface area contributed by atoms with Gasteiger partial charge in [0.1, 0.15) is 11.5 Å². The third-order valence-electron chi connectivity index (χ3n) is 4.61. The summed E-state index contributed by atoms with van der Waals surface area (Å²) in [4.78, 5) is 22.6. The average Bonchev–Trinajstić information content (AvgIpc) is 2.76. The number of fused-ring (bicyclic) bond motifs is 1. The number of ether oxygens (including phenoxy) is 3. The number of para-hydroxylation sites is 1. The van der Waals surface area contributed by atoms with Crippen molar-refractivity contribution in [2.75, 3.05) is 20.8 Å². The van der Waals surface area contributed by atoms with Gasteiger partial charge >= 0.3 is 5.97 Å². The van der Waals surface area contributed by atoms with E-state index in [9.17, 15) is 4.79 Å². The zero-order valence-corrected chi connectivity index (χ0v) is 17.5.